The van der Waals surface area contributed by atoms with Crippen LogP contribution in [0.15, 0.2) is 47.1 Å². The van der Waals surface area contributed by atoms with Gasteiger partial charge in [0.1, 0.15) is 0 Å². The van der Waals surface area contributed by atoms with Gasteiger partial charge in [0, 0.05) is 11.3 Å². The summed E-state index contributed by atoms with van der Waals surface area (Å²) in [5, 5.41) is 0. The summed E-state index contributed by atoms with van der Waals surface area (Å²) in [5.41, 5.74) is 11.0. The highest BCUT2D eigenvalue weighted by Crippen LogP contribution is 2.04. The fraction of sp³-hybridized carbons (Fsp3) is 0. The molecule has 0 bridgehead atoms. The summed E-state index contributed by atoms with van der Waals surface area (Å²) < 4.78 is 4.87. The van der Waals surface area contributed by atoms with Crippen LogP contribution in [0, 0.1) is 0 Å². The van der Waals surface area contributed by atoms with Crippen molar-refractivity contribution in [1.82, 2.24) is 10.9 Å². The molecule has 1 aromatic carbocycles. The Morgan fingerprint density at radius 2 is 1.67 bits per heavy atom. The number of nitrogens with two attached hydrogens (primary N) is 1. The van der Waals surface area contributed by atoms with Crippen LogP contribution in [0.3, 0.4) is 0 Å². The molecular formula is C12H11N3O3. The van der Waals surface area contributed by atoms with E-state index in [9.17, 15) is 9.59 Å². The molecule has 6 nitrogen and oxygen atoms in total. The normalized spacial score (nSPS) is 9.78. The van der Waals surface area contributed by atoms with E-state index in [4.69, 9.17) is 10.2 Å². The highest BCUT2D eigenvalue weighted by atomic mass is 16.3. The monoisotopic (exact) mass is 245 g/mol. The van der Waals surface area contributed by atoms with Gasteiger partial charge in [-0.05, 0) is 36.4 Å². The molecule has 0 unspecified atom stereocenters. The van der Waals surface area contributed by atoms with E-state index in [1.165, 1.54) is 12.3 Å². The molecule has 0 atom stereocenters. The third-order valence-electron chi connectivity index (χ3n) is 2.21. The molecule has 1 aromatic heterocycles. The Morgan fingerprint density at radius 1 is 1.00 bits per heavy atom. The first-order valence-corrected chi connectivity index (χ1v) is 5.16. The van der Waals surface area contributed by atoms with Crippen molar-refractivity contribution < 1.29 is 14.0 Å². The zero-order chi connectivity index (χ0) is 13.0. The topological polar surface area (TPSA) is 97.4 Å². The van der Waals surface area contributed by atoms with Crippen LogP contribution < -0.4 is 16.6 Å². The number of anilines is 1. The minimum atomic E-state index is -0.524. The van der Waals surface area contributed by atoms with Gasteiger partial charge in [0.2, 0.25) is 0 Å². The first-order chi connectivity index (χ1) is 8.66. The molecule has 0 saturated heterocycles. The van der Waals surface area contributed by atoms with Crippen molar-refractivity contribution in [3.8, 4) is 0 Å². The van der Waals surface area contributed by atoms with Gasteiger partial charge in [-0.15, -0.1) is 0 Å². The Hall–Kier alpha value is -2.76. The van der Waals surface area contributed by atoms with Gasteiger partial charge in [-0.2, -0.15) is 0 Å². The van der Waals surface area contributed by atoms with E-state index in [0.717, 1.165) is 0 Å². The van der Waals surface area contributed by atoms with E-state index in [1.807, 2.05) is 0 Å². The van der Waals surface area contributed by atoms with Crippen molar-refractivity contribution >= 4 is 17.5 Å². The number of carbonyl (C=O) groups excluding carboxylic acids is 2. The fourth-order valence-corrected chi connectivity index (χ4v) is 1.29. The number of amides is 2. The maximum atomic E-state index is 11.6. The summed E-state index contributed by atoms with van der Waals surface area (Å²) in [7, 11) is 0. The summed E-state index contributed by atoms with van der Waals surface area (Å²) in [5.74, 6) is -0.841. The smallest absolute Gasteiger partial charge is 0.305 e. The van der Waals surface area contributed by atoms with Crippen molar-refractivity contribution in [2.75, 3.05) is 5.73 Å². The molecule has 2 rings (SSSR count). The summed E-state index contributed by atoms with van der Waals surface area (Å²) in [6.07, 6.45) is 1.37. The molecule has 0 saturated carbocycles. The number of carbonyl (C=O) groups is 2. The molecule has 0 fully saturated rings. The highest BCUT2D eigenvalue weighted by molar-refractivity contribution is 5.98. The van der Waals surface area contributed by atoms with E-state index < -0.39 is 11.8 Å². The molecule has 0 aliphatic carbocycles. The number of nitrogen functional groups attached to an aromatic ring is 1. The number of hydrazine groups is 1. The van der Waals surface area contributed by atoms with E-state index in [0.29, 0.717) is 11.3 Å². The van der Waals surface area contributed by atoms with Gasteiger partial charge in [-0.25, -0.2) is 0 Å². The molecule has 92 valence electrons. The molecule has 2 amide bonds. The second-order valence-electron chi connectivity index (χ2n) is 3.51. The average molecular weight is 245 g/mol. The van der Waals surface area contributed by atoms with Crippen LogP contribution in [0.1, 0.15) is 20.9 Å². The molecule has 6 heteroatoms. The average Bonchev–Trinajstić information content (AvgIpc) is 2.90. The number of rotatable bonds is 2. The second-order valence-corrected chi connectivity index (χ2v) is 3.51. The third kappa shape index (κ3) is 2.67. The summed E-state index contributed by atoms with van der Waals surface area (Å²) in [4.78, 5) is 23.1. The van der Waals surface area contributed by atoms with Crippen molar-refractivity contribution in [2.24, 2.45) is 0 Å². The van der Waals surface area contributed by atoms with Crippen molar-refractivity contribution in [3.05, 3.63) is 54.0 Å². The predicted octanol–water partition coefficient (Wildman–Crippen LogP) is 0.937. The first-order valence-electron chi connectivity index (χ1n) is 5.16. The molecule has 2 aromatic rings. The van der Waals surface area contributed by atoms with Crippen LogP contribution in [0.4, 0.5) is 5.69 Å². The largest absolute Gasteiger partial charge is 0.459 e. The van der Waals surface area contributed by atoms with Crippen LogP contribution in [0.5, 0.6) is 0 Å². The fourth-order valence-electron chi connectivity index (χ4n) is 1.29. The van der Waals surface area contributed by atoms with Gasteiger partial charge in [0.15, 0.2) is 5.76 Å². The molecule has 4 N–H and O–H groups in total. The zero-order valence-electron chi connectivity index (χ0n) is 9.34. The number of nitrogens with one attached hydrogen (secondary N) is 2. The quantitative estimate of drug-likeness (QED) is 0.541. The van der Waals surface area contributed by atoms with Crippen molar-refractivity contribution in [1.29, 1.82) is 0 Å². The lowest BCUT2D eigenvalue weighted by Gasteiger charge is -2.05. The van der Waals surface area contributed by atoms with Gasteiger partial charge in [-0.3, -0.25) is 20.4 Å². The number of benzene rings is 1. The van der Waals surface area contributed by atoms with Crippen molar-refractivity contribution in [3.63, 3.8) is 0 Å². The minimum absolute atomic E-state index is 0.118. The SMILES string of the molecule is Nc1ccc(C(=O)NNC(=O)c2ccco2)cc1. The van der Waals surface area contributed by atoms with Crippen LogP contribution in [-0.4, -0.2) is 11.8 Å². The Labute approximate surface area is 103 Å². The Balaban J connectivity index is 1.92. The van der Waals surface area contributed by atoms with Gasteiger partial charge in [-0.1, -0.05) is 0 Å². The Morgan fingerprint density at radius 3 is 2.28 bits per heavy atom. The standard InChI is InChI=1S/C12H11N3O3/c13-9-5-3-8(4-6-9)11(16)14-15-12(17)10-2-1-7-18-10/h1-7H,13H2,(H,14,16)(H,15,17). The van der Waals surface area contributed by atoms with Crippen LogP contribution in [0.2, 0.25) is 0 Å². The number of furan rings is 1. The third-order valence-corrected chi connectivity index (χ3v) is 2.21. The molecule has 1 heterocycles. The van der Waals surface area contributed by atoms with Gasteiger partial charge in [0.25, 0.3) is 5.91 Å². The predicted molar refractivity (Wildman–Crippen MR) is 64.5 cm³/mol. The van der Waals surface area contributed by atoms with Crippen LogP contribution in [0.25, 0.3) is 0 Å². The summed E-state index contributed by atoms with van der Waals surface area (Å²) in [6.45, 7) is 0. The summed E-state index contributed by atoms with van der Waals surface area (Å²) in [6, 6.07) is 9.39. The molecular weight excluding hydrogens is 234 g/mol. The van der Waals surface area contributed by atoms with E-state index >= 15 is 0 Å². The molecule has 0 aliphatic heterocycles. The number of hydrogen-bond donors (Lipinski definition) is 3. The number of hydrogen-bond acceptors (Lipinski definition) is 4. The lowest BCUT2D eigenvalue weighted by molar-refractivity contribution is 0.0831. The van der Waals surface area contributed by atoms with E-state index in [-0.39, 0.29) is 5.76 Å². The molecule has 0 radical (unpaired) electrons. The van der Waals surface area contributed by atoms with Crippen molar-refractivity contribution in [2.45, 2.75) is 0 Å². The van der Waals surface area contributed by atoms with Gasteiger partial charge >= 0.3 is 5.91 Å². The maximum Gasteiger partial charge on any atom is 0.305 e. The van der Waals surface area contributed by atoms with E-state index in [2.05, 4.69) is 10.9 Å². The lowest BCUT2D eigenvalue weighted by atomic mass is 10.2. The Bertz CT molecular complexity index is 546. The molecule has 0 aliphatic rings. The van der Waals surface area contributed by atoms with Gasteiger partial charge < -0.3 is 10.2 Å². The Kier molecular flexibility index (Phi) is 3.29. The van der Waals surface area contributed by atoms with Crippen LogP contribution in [-0.2, 0) is 0 Å². The van der Waals surface area contributed by atoms with Gasteiger partial charge in [0.05, 0.1) is 6.26 Å². The minimum Gasteiger partial charge on any atom is -0.459 e. The lowest BCUT2D eigenvalue weighted by Crippen LogP contribution is -2.41. The van der Waals surface area contributed by atoms with E-state index in [1.54, 1.807) is 30.3 Å². The first kappa shape index (κ1) is 11.7. The molecule has 0 spiro atoms. The highest BCUT2D eigenvalue weighted by Gasteiger charge is 2.10. The zero-order valence-corrected chi connectivity index (χ0v) is 9.34. The molecule has 18 heavy (non-hydrogen) atoms. The second kappa shape index (κ2) is 5.05. The van der Waals surface area contributed by atoms with Crippen LogP contribution >= 0.6 is 0 Å². The maximum absolute atomic E-state index is 11.6. The summed E-state index contributed by atoms with van der Waals surface area (Å²) >= 11 is 0.